The predicted octanol–water partition coefficient (Wildman–Crippen LogP) is 2.95. The van der Waals surface area contributed by atoms with Crippen molar-refractivity contribution in [3.63, 3.8) is 0 Å². The fourth-order valence-electron chi connectivity index (χ4n) is 2.85. The molecule has 1 heterocycles. The van der Waals surface area contributed by atoms with Gasteiger partial charge in [-0.3, -0.25) is 4.90 Å². The van der Waals surface area contributed by atoms with Gasteiger partial charge in [-0.1, -0.05) is 25.5 Å². The van der Waals surface area contributed by atoms with E-state index < -0.39 is 0 Å². The monoisotopic (exact) mass is 250 g/mol. The number of piperidine rings is 1. The number of hydrogen-bond donors (Lipinski definition) is 1. The number of nitrogens with two attached hydrogens (primary N) is 1. The van der Waals surface area contributed by atoms with Crippen LogP contribution >= 0.6 is 0 Å². The molecule has 1 saturated heterocycles. The normalized spacial score (nSPS) is 19.9. The first-order valence-electron chi connectivity index (χ1n) is 6.94. The molecule has 1 unspecified atom stereocenters. The minimum absolute atomic E-state index is 0.181. The smallest absolute Gasteiger partial charge is 0.123 e. The Morgan fingerprint density at radius 3 is 2.39 bits per heavy atom. The van der Waals surface area contributed by atoms with Crippen molar-refractivity contribution < 1.29 is 4.39 Å². The Hall–Kier alpha value is -0.930. The zero-order valence-corrected chi connectivity index (χ0v) is 11.1. The van der Waals surface area contributed by atoms with Crippen LogP contribution in [0.2, 0.25) is 0 Å². The van der Waals surface area contributed by atoms with Gasteiger partial charge in [0.05, 0.1) is 0 Å². The van der Waals surface area contributed by atoms with E-state index in [1.54, 1.807) is 0 Å². The summed E-state index contributed by atoms with van der Waals surface area (Å²) in [5.41, 5.74) is 7.04. The molecule has 1 fully saturated rings. The molecule has 1 aliphatic heterocycles. The highest BCUT2D eigenvalue weighted by Gasteiger charge is 2.24. The van der Waals surface area contributed by atoms with Gasteiger partial charge in [0.25, 0.3) is 0 Å². The largest absolute Gasteiger partial charge is 0.329 e. The number of halogens is 1. The third kappa shape index (κ3) is 3.09. The summed E-state index contributed by atoms with van der Waals surface area (Å²) >= 11 is 0. The van der Waals surface area contributed by atoms with Crippen molar-refractivity contribution in [2.24, 2.45) is 11.7 Å². The lowest BCUT2D eigenvalue weighted by molar-refractivity contribution is 0.134. The summed E-state index contributed by atoms with van der Waals surface area (Å²) in [5.74, 6) is 0.687. The van der Waals surface area contributed by atoms with Crippen LogP contribution in [0.1, 0.15) is 37.8 Å². The minimum Gasteiger partial charge on any atom is -0.329 e. The van der Waals surface area contributed by atoms with E-state index in [9.17, 15) is 4.39 Å². The van der Waals surface area contributed by atoms with Crippen LogP contribution in [0.15, 0.2) is 24.3 Å². The quantitative estimate of drug-likeness (QED) is 0.890. The van der Waals surface area contributed by atoms with E-state index in [2.05, 4.69) is 11.8 Å². The van der Waals surface area contributed by atoms with E-state index in [4.69, 9.17) is 5.73 Å². The Kier molecular flexibility index (Phi) is 4.72. The zero-order valence-electron chi connectivity index (χ0n) is 11.1. The molecule has 18 heavy (non-hydrogen) atoms. The topological polar surface area (TPSA) is 29.3 Å². The van der Waals surface area contributed by atoms with Crippen molar-refractivity contribution in [3.8, 4) is 0 Å². The summed E-state index contributed by atoms with van der Waals surface area (Å²) in [6.45, 7) is 5.08. The van der Waals surface area contributed by atoms with Crippen molar-refractivity contribution in [2.45, 2.75) is 32.2 Å². The van der Waals surface area contributed by atoms with Crippen LogP contribution in [-0.4, -0.2) is 24.5 Å². The average molecular weight is 250 g/mol. The molecule has 2 N–H and O–H groups in total. The van der Waals surface area contributed by atoms with Gasteiger partial charge in [0.1, 0.15) is 5.82 Å². The van der Waals surface area contributed by atoms with E-state index >= 15 is 0 Å². The number of benzene rings is 1. The molecule has 0 amide bonds. The fourth-order valence-corrected chi connectivity index (χ4v) is 2.85. The van der Waals surface area contributed by atoms with E-state index in [0.717, 1.165) is 24.6 Å². The summed E-state index contributed by atoms with van der Waals surface area (Å²) in [6.07, 6.45) is 3.79. The average Bonchev–Trinajstić information content (AvgIpc) is 2.42. The Morgan fingerprint density at radius 2 is 1.89 bits per heavy atom. The Balaban J connectivity index is 2.03. The summed E-state index contributed by atoms with van der Waals surface area (Å²) in [6, 6.07) is 7.01. The Bertz CT molecular complexity index is 355. The maximum Gasteiger partial charge on any atom is 0.123 e. The zero-order chi connectivity index (χ0) is 13.0. The standard InChI is InChI=1S/C15H23FN2/c1-2-12-7-9-18(10-8-12)15(11-17)13-3-5-14(16)6-4-13/h3-6,12,15H,2,7-11,17H2,1H3. The Labute approximate surface area is 109 Å². The van der Waals surface area contributed by atoms with Crippen molar-refractivity contribution in [1.29, 1.82) is 0 Å². The van der Waals surface area contributed by atoms with Crippen LogP contribution in [0.3, 0.4) is 0 Å². The molecule has 3 heteroatoms. The third-order valence-corrected chi connectivity index (χ3v) is 4.15. The molecular formula is C15H23FN2. The highest BCUT2D eigenvalue weighted by atomic mass is 19.1. The van der Waals surface area contributed by atoms with E-state index in [1.807, 2.05) is 12.1 Å². The van der Waals surface area contributed by atoms with Gasteiger partial charge in [0.2, 0.25) is 0 Å². The molecule has 1 atom stereocenters. The lowest BCUT2D eigenvalue weighted by atomic mass is 9.92. The molecule has 1 aromatic rings. The highest BCUT2D eigenvalue weighted by Crippen LogP contribution is 2.27. The lowest BCUT2D eigenvalue weighted by Crippen LogP contribution is -2.39. The van der Waals surface area contributed by atoms with Gasteiger partial charge >= 0.3 is 0 Å². The first-order valence-corrected chi connectivity index (χ1v) is 6.94. The molecule has 2 nitrogen and oxygen atoms in total. The lowest BCUT2D eigenvalue weighted by Gasteiger charge is -2.37. The number of rotatable bonds is 4. The van der Waals surface area contributed by atoms with E-state index in [1.165, 1.54) is 31.4 Å². The van der Waals surface area contributed by atoms with Gasteiger partial charge in [-0.05, 0) is 49.5 Å². The first kappa shape index (κ1) is 13.5. The molecule has 0 aromatic heterocycles. The molecule has 0 spiro atoms. The maximum absolute atomic E-state index is 12.9. The van der Waals surface area contributed by atoms with Gasteiger partial charge < -0.3 is 5.73 Å². The number of likely N-dealkylation sites (tertiary alicyclic amines) is 1. The second-order valence-corrected chi connectivity index (χ2v) is 5.19. The molecule has 100 valence electrons. The van der Waals surface area contributed by atoms with Gasteiger partial charge in [-0.15, -0.1) is 0 Å². The van der Waals surface area contributed by atoms with Crippen LogP contribution in [0.4, 0.5) is 4.39 Å². The fraction of sp³-hybridized carbons (Fsp3) is 0.600. The van der Waals surface area contributed by atoms with Crippen molar-refractivity contribution in [3.05, 3.63) is 35.6 Å². The van der Waals surface area contributed by atoms with Gasteiger partial charge in [-0.25, -0.2) is 4.39 Å². The molecule has 0 radical (unpaired) electrons. The molecular weight excluding hydrogens is 227 g/mol. The van der Waals surface area contributed by atoms with Crippen molar-refractivity contribution in [2.75, 3.05) is 19.6 Å². The summed E-state index contributed by atoms with van der Waals surface area (Å²) < 4.78 is 12.9. The van der Waals surface area contributed by atoms with Crippen LogP contribution in [0.25, 0.3) is 0 Å². The second-order valence-electron chi connectivity index (χ2n) is 5.19. The van der Waals surface area contributed by atoms with Gasteiger partial charge in [0.15, 0.2) is 0 Å². The predicted molar refractivity (Wildman–Crippen MR) is 72.8 cm³/mol. The Morgan fingerprint density at radius 1 is 1.28 bits per heavy atom. The summed E-state index contributed by atoms with van der Waals surface area (Å²) in [5, 5.41) is 0. The molecule has 1 aliphatic rings. The number of hydrogen-bond acceptors (Lipinski definition) is 2. The van der Waals surface area contributed by atoms with Crippen molar-refractivity contribution in [1.82, 2.24) is 4.90 Å². The number of nitrogens with zero attached hydrogens (tertiary/aromatic N) is 1. The van der Waals surface area contributed by atoms with Crippen LogP contribution in [0, 0.1) is 11.7 Å². The molecule has 2 rings (SSSR count). The SMILES string of the molecule is CCC1CCN(C(CN)c2ccc(F)cc2)CC1. The summed E-state index contributed by atoms with van der Waals surface area (Å²) in [7, 11) is 0. The van der Waals surface area contributed by atoms with Crippen LogP contribution in [0.5, 0.6) is 0 Å². The van der Waals surface area contributed by atoms with Crippen molar-refractivity contribution >= 4 is 0 Å². The molecule has 0 bridgehead atoms. The molecule has 1 aromatic carbocycles. The van der Waals surface area contributed by atoms with Gasteiger partial charge in [-0.2, -0.15) is 0 Å². The minimum atomic E-state index is -0.181. The van der Waals surface area contributed by atoms with Crippen LogP contribution < -0.4 is 5.73 Å². The van der Waals surface area contributed by atoms with Crippen LogP contribution in [-0.2, 0) is 0 Å². The maximum atomic E-state index is 12.9. The molecule has 0 saturated carbocycles. The first-order chi connectivity index (χ1) is 8.74. The highest BCUT2D eigenvalue weighted by molar-refractivity contribution is 5.20. The van der Waals surface area contributed by atoms with E-state index in [-0.39, 0.29) is 11.9 Å². The van der Waals surface area contributed by atoms with E-state index in [0.29, 0.717) is 6.54 Å². The molecule has 0 aliphatic carbocycles. The summed E-state index contributed by atoms with van der Waals surface area (Å²) in [4.78, 5) is 2.44. The van der Waals surface area contributed by atoms with Gasteiger partial charge in [0, 0.05) is 12.6 Å². The second kappa shape index (κ2) is 6.30. The third-order valence-electron chi connectivity index (χ3n) is 4.15.